The van der Waals surface area contributed by atoms with E-state index in [4.69, 9.17) is 0 Å². The van der Waals surface area contributed by atoms with Crippen molar-refractivity contribution in [2.24, 2.45) is 5.92 Å². The maximum atomic E-state index is 13.5. The predicted molar refractivity (Wildman–Crippen MR) is 87.6 cm³/mol. The van der Waals surface area contributed by atoms with Crippen LogP contribution in [0.2, 0.25) is 0 Å². The normalized spacial score (nSPS) is 12.5. The van der Waals surface area contributed by atoms with Gasteiger partial charge in [-0.2, -0.15) is 0 Å². The minimum Gasteiger partial charge on any atom is -0.374 e. The van der Waals surface area contributed by atoms with Crippen LogP contribution in [0.15, 0.2) is 36.9 Å². The molecule has 3 aromatic heterocycles. The molecular formula is C17H17FN4O. The van der Waals surface area contributed by atoms with Gasteiger partial charge < -0.3 is 15.1 Å². The van der Waals surface area contributed by atoms with E-state index in [1.807, 2.05) is 19.9 Å². The molecule has 0 spiro atoms. The van der Waals surface area contributed by atoms with E-state index in [1.54, 1.807) is 18.6 Å². The van der Waals surface area contributed by atoms with Crippen LogP contribution in [0.3, 0.4) is 0 Å². The van der Waals surface area contributed by atoms with Gasteiger partial charge in [-0.05, 0) is 18.1 Å². The number of fused-ring (bicyclic) bond motifs is 1. The number of hydrogen-bond acceptors (Lipinski definition) is 4. The van der Waals surface area contributed by atoms with Gasteiger partial charge in [0.1, 0.15) is 17.8 Å². The first-order valence-electron chi connectivity index (χ1n) is 7.38. The van der Waals surface area contributed by atoms with Crippen molar-refractivity contribution in [3.8, 4) is 11.1 Å². The highest BCUT2D eigenvalue weighted by molar-refractivity contribution is 5.93. The summed E-state index contributed by atoms with van der Waals surface area (Å²) in [5.74, 6) is -0.219. The van der Waals surface area contributed by atoms with Crippen LogP contribution in [0.4, 0.5) is 10.1 Å². The van der Waals surface area contributed by atoms with Crippen LogP contribution in [0, 0.1) is 11.7 Å². The summed E-state index contributed by atoms with van der Waals surface area (Å²) in [4.78, 5) is 22.4. The summed E-state index contributed by atoms with van der Waals surface area (Å²) in [7, 11) is 0. The number of carbonyl (C=O) groups excluding carboxylic acids is 1. The standard InChI is InChI=1S/C17H17FN4O/c1-10(2)16(9-23)22-13-3-11(5-19-7-13)15-8-21-17-14(15)4-12(18)6-20-17/h3-10,16,22H,1-2H3,(H,20,21). The number of hydrogen-bond donors (Lipinski definition) is 2. The van der Waals surface area contributed by atoms with E-state index in [0.717, 1.165) is 23.1 Å². The fourth-order valence-electron chi connectivity index (χ4n) is 2.43. The van der Waals surface area contributed by atoms with Crippen molar-refractivity contribution in [2.75, 3.05) is 5.32 Å². The number of pyridine rings is 2. The summed E-state index contributed by atoms with van der Waals surface area (Å²) in [6.07, 6.45) is 7.20. The number of halogens is 1. The molecule has 0 saturated heterocycles. The summed E-state index contributed by atoms with van der Waals surface area (Å²) in [5, 5.41) is 3.85. The lowest BCUT2D eigenvalue weighted by atomic mass is 10.0. The Bertz CT molecular complexity index is 843. The van der Waals surface area contributed by atoms with E-state index in [0.29, 0.717) is 11.0 Å². The number of H-pyrrole nitrogens is 1. The Morgan fingerprint density at radius 3 is 2.83 bits per heavy atom. The topological polar surface area (TPSA) is 70.7 Å². The van der Waals surface area contributed by atoms with Gasteiger partial charge in [-0.1, -0.05) is 13.8 Å². The van der Waals surface area contributed by atoms with Crippen LogP contribution in [0.1, 0.15) is 13.8 Å². The van der Waals surface area contributed by atoms with Gasteiger partial charge in [0, 0.05) is 35.1 Å². The van der Waals surface area contributed by atoms with Gasteiger partial charge in [0.15, 0.2) is 0 Å². The molecule has 0 amide bonds. The van der Waals surface area contributed by atoms with Crippen LogP contribution >= 0.6 is 0 Å². The quantitative estimate of drug-likeness (QED) is 0.708. The zero-order chi connectivity index (χ0) is 16.4. The molecule has 0 bridgehead atoms. The minimum absolute atomic E-state index is 0.169. The van der Waals surface area contributed by atoms with Crippen LogP contribution in [0.5, 0.6) is 0 Å². The Hall–Kier alpha value is -2.76. The Balaban J connectivity index is 1.98. The van der Waals surface area contributed by atoms with Crippen LogP contribution in [-0.2, 0) is 4.79 Å². The highest BCUT2D eigenvalue weighted by Gasteiger charge is 2.13. The van der Waals surface area contributed by atoms with Crippen molar-refractivity contribution in [1.82, 2.24) is 15.0 Å². The Labute approximate surface area is 133 Å². The first-order chi connectivity index (χ1) is 11.1. The van der Waals surface area contributed by atoms with Crippen molar-refractivity contribution in [1.29, 1.82) is 0 Å². The van der Waals surface area contributed by atoms with Crippen molar-refractivity contribution in [3.63, 3.8) is 0 Å². The second kappa shape index (κ2) is 6.16. The lowest BCUT2D eigenvalue weighted by Gasteiger charge is -2.17. The van der Waals surface area contributed by atoms with Crippen LogP contribution in [0.25, 0.3) is 22.2 Å². The summed E-state index contributed by atoms with van der Waals surface area (Å²) in [6, 6.07) is 3.05. The van der Waals surface area contributed by atoms with E-state index in [2.05, 4.69) is 20.3 Å². The molecule has 5 nitrogen and oxygen atoms in total. The third-order valence-electron chi connectivity index (χ3n) is 3.75. The maximum Gasteiger partial charge on any atom is 0.142 e. The molecule has 0 aromatic carbocycles. The molecule has 0 saturated carbocycles. The minimum atomic E-state index is -0.388. The molecule has 0 aliphatic heterocycles. The number of anilines is 1. The van der Waals surface area contributed by atoms with Gasteiger partial charge in [-0.15, -0.1) is 0 Å². The molecule has 118 valence electrons. The van der Waals surface area contributed by atoms with Gasteiger partial charge in [0.25, 0.3) is 0 Å². The lowest BCUT2D eigenvalue weighted by Crippen LogP contribution is -2.27. The Kier molecular flexibility index (Phi) is 4.06. The Morgan fingerprint density at radius 1 is 1.26 bits per heavy atom. The Morgan fingerprint density at radius 2 is 2.09 bits per heavy atom. The molecule has 6 heteroatoms. The average Bonchev–Trinajstić information content (AvgIpc) is 2.95. The largest absolute Gasteiger partial charge is 0.374 e. The fraction of sp³-hybridized carbons (Fsp3) is 0.235. The smallest absolute Gasteiger partial charge is 0.142 e. The van der Waals surface area contributed by atoms with E-state index >= 15 is 0 Å². The third kappa shape index (κ3) is 3.06. The molecule has 1 unspecified atom stereocenters. The van der Waals surface area contributed by atoms with E-state index in [-0.39, 0.29) is 17.8 Å². The van der Waals surface area contributed by atoms with Crippen molar-refractivity contribution >= 4 is 23.0 Å². The first kappa shape index (κ1) is 15.1. The third-order valence-corrected chi connectivity index (χ3v) is 3.75. The molecule has 3 heterocycles. The predicted octanol–water partition coefficient (Wildman–Crippen LogP) is 3.40. The molecule has 0 radical (unpaired) electrons. The van der Waals surface area contributed by atoms with Gasteiger partial charge in [0.05, 0.1) is 17.9 Å². The van der Waals surface area contributed by atoms with Gasteiger partial charge in [-0.3, -0.25) is 4.98 Å². The second-order valence-corrected chi connectivity index (χ2v) is 5.76. The summed E-state index contributed by atoms with van der Waals surface area (Å²) < 4.78 is 13.5. The van der Waals surface area contributed by atoms with Crippen LogP contribution < -0.4 is 5.32 Å². The highest BCUT2D eigenvalue weighted by Crippen LogP contribution is 2.29. The number of nitrogens with zero attached hydrogens (tertiary/aromatic N) is 2. The number of carbonyl (C=O) groups is 1. The van der Waals surface area contributed by atoms with Crippen molar-refractivity contribution in [2.45, 2.75) is 19.9 Å². The first-order valence-corrected chi connectivity index (χ1v) is 7.38. The molecular weight excluding hydrogens is 295 g/mol. The SMILES string of the molecule is CC(C)C(C=O)Nc1cncc(-c2c[nH]c3ncc(F)cc23)c1. The zero-order valence-electron chi connectivity index (χ0n) is 12.9. The fourth-order valence-corrected chi connectivity index (χ4v) is 2.43. The molecule has 1 atom stereocenters. The highest BCUT2D eigenvalue weighted by atomic mass is 19.1. The van der Waals surface area contributed by atoms with Crippen molar-refractivity contribution in [3.05, 3.63) is 42.7 Å². The number of aromatic nitrogens is 3. The van der Waals surface area contributed by atoms with Gasteiger partial charge in [-0.25, -0.2) is 9.37 Å². The number of aromatic amines is 1. The number of nitrogens with one attached hydrogen (secondary N) is 2. The van der Waals surface area contributed by atoms with Crippen molar-refractivity contribution < 1.29 is 9.18 Å². The molecule has 2 N–H and O–H groups in total. The summed E-state index contributed by atoms with van der Waals surface area (Å²) in [5.41, 5.74) is 3.00. The average molecular weight is 312 g/mol. The van der Waals surface area contributed by atoms with Gasteiger partial charge >= 0.3 is 0 Å². The molecule has 3 rings (SSSR count). The van der Waals surface area contributed by atoms with Crippen LogP contribution in [-0.4, -0.2) is 27.3 Å². The second-order valence-electron chi connectivity index (χ2n) is 5.76. The lowest BCUT2D eigenvalue weighted by molar-refractivity contribution is -0.109. The molecule has 0 aliphatic carbocycles. The van der Waals surface area contributed by atoms with Gasteiger partial charge in [0.2, 0.25) is 0 Å². The zero-order valence-corrected chi connectivity index (χ0v) is 12.9. The molecule has 3 aromatic rings. The summed E-state index contributed by atoms with van der Waals surface area (Å²) >= 11 is 0. The van der Waals surface area contributed by atoms with E-state index in [9.17, 15) is 9.18 Å². The molecule has 0 aliphatic rings. The summed E-state index contributed by atoms with van der Waals surface area (Å²) in [6.45, 7) is 3.94. The number of rotatable bonds is 5. The molecule has 0 fully saturated rings. The maximum absolute atomic E-state index is 13.5. The number of aldehydes is 1. The van der Waals surface area contributed by atoms with E-state index < -0.39 is 0 Å². The monoisotopic (exact) mass is 312 g/mol. The molecule has 23 heavy (non-hydrogen) atoms. The van der Waals surface area contributed by atoms with E-state index in [1.165, 1.54) is 12.3 Å².